The van der Waals surface area contributed by atoms with Crippen LogP contribution in [-0.4, -0.2) is 24.6 Å². The molecule has 0 amide bonds. The molecule has 2 saturated carbocycles. The Hall–Kier alpha value is -1.35. The topological polar surface area (TPSA) is 35.5 Å². The van der Waals surface area contributed by atoms with Gasteiger partial charge in [-0.15, -0.1) is 0 Å². The summed E-state index contributed by atoms with van der Waals surface area (Å²) in [5.74, 6) is 1.32. The Morgan fingerprint density at radius 2 is 2.11 bits per heavy atom. The van der Waals surface area contributed by atoms with Gasteiger partial charge in [0.1, 0.15) is 11.9 Å². The van der Waals surface area contributed by atoms with Crippen LogP contribution in [0.4, 0.5) is 0 Å². The van der Waals surface area contributed by atoms with Gasteiger partial charge in [-0.3, -0.25) is 4.79 Å². The Morgan fingerprint density at radius 1 is 1.32 bits per heavy atom. The zero-order valence-electron chi connectivity index (χ0n) is 11.3. The third kappa shape index (κ3) is 3.16. The SMILES string of the molecule is CCOC(C(=O)c1cccc(OC2CC2)c1)C1CC1. The van der Waals surface area contributed by atoms with E-state index in [1.807, 2.05) is 31.2 Å². The number of carbonyl (C=O) groups is 1. The molecule has 1 aromatic rings. The first-order valence-electron chi connectivity index (χ1n) is 7.20. The molecule has 0 N–H and O–H groups in total. The van der Waals surface area contributed by atoms with Crippen molar-refractivity contribution in [3.8, 4) is 5.75 Å². The quantitative estimate of drug-likeness (QED) is 0.706. The largest absolute Gasteiger partial charge is 0.490 e. The molecular weight excluding hydrogens is 240 g/mol. The number of rotatable bonds is 7. The Balaban J connectivity index is 1.73. The van der Waals surface area contributed by atoms with E-state index in [4.69, 9.17) is 9.47 Å². The maximum Gasteiger partial charge on any atom is 0.191 e. The molecular formula is C16H20O3. The van der Waals surface area contributed by atoms with Gasteiger partial charge in [0.2, 0.25) is 0 Å². The lowest BCUT2D eigenvalue weighted by Crippen LogP contribution is -2.26. The fraction of sp³-hybridized carbons (Fsp3) is 0.562. The fourth-order valence-corrected chi connectivity index (χ4v) is 2.27. The molecule has 1 unspecified atom stereocenters. The van der Waals surface area contributed by atoms with Crippen LogP contribution in [0.3, 0.4) is 0 Å². The molecule has 102 valence electrons. The molecule has 0 bridgehead atoms. The molecule has 0 radical (unpaired) electrons. The molecule has 3 nitrogen and oxygen atoms in total. The molecule has 2 aliphatic carbocycles. The van der Waals surface area contributed by atoms with Crippen LogP contribution < -0.4 is 4.74 Å². The van der Waals surface area contributed by atoms with E-state index in [0.29, 0.717) is 24.2 Å². The summed E-state index contributed by atoms with van der Waals surface area (Å²) >= 11 is 0. The number of hydrogen-bond donors (Lipinski definition) is 0. The third-order valence-electron chi connectivity index (χ3n) is 3.60. The van der Waals surface area contributed by atoms with Crippen molar-refractivity contribution in [2.45, 2.75) is 44.8 Å². The molecule has 0 spiro atoms. The molecule has 19 heavy (non-hydrogen) atoms. The highest BCUT2D eigenvalue weighted by Crippen LogP contribution is 2.36. The second-order valence-corrected chi connectivity index (χ2v) is 5.42. The molecule has 0 heterocycles. The van der Waals surface area contributed by atoms with Crippen molar-refractivity contribution in [3.63, 3.8) is 0 Å². The lowest BCUT2D eigenvalue weighted by Gasteiger charge is -2.15. The van der Waals surface area contributed by atoms with E-state index in [-0.39, 0.29) is 11.9 Å². The molecule has 3 heteroatoms. The molecule has 1 atom stereocenters. The number of carbonyl (C=O) groups excluding carboxylic acids is 1. The average molecular weight is 260 g/mol. The molecule has 2 aliphatic rings. The summed E-state index contributed by atoms with van der Waals surface area (Å²) in [6.07, 6.45) is 4.56. The minimum Gasteiger partial charge on any atom is -0.490 e. The second kappa shape index (κ2) is 5.33. The van der Waals surface area contributed by atoms with Crippen LogP contribution in [0.5, 0.6) is 5.75 Å². The number of benzene rings is 1. The Morgan fingerprint density at radius 3 is 2.74 bits per heavy atom. The van der Waals surface area contributed by atoms with Gasteiger partial charge in [-0.05, 0) is 50.7 Å². The van der Waals surface area contributed by atoms with E-state index in [9.17, 15) is 4.79 Å². The van der Waals surface area contributed by atoms with Crippen molar-refractivity contribution < 1.29 is 14.3 Å². The van der Waals surface area contributed by atoms with Gasteiger partial charge in [0.05, 0.1) is 6.10 Å². The lowest BCUT2D eigenvalue weighted by molar-refractivity contribution is 0.0374. The number of hydrogen-bond acceptors (Lipinski definition) is 3. The van der Waals surface area contributed by atoms with E-state index in [1.54, 1.807) is 0 Å². The van der Waals surface area contributed by atoms with Crippen molar-refractivity contribution in [2.75, 3.05) is 6.61 Å². The number of ether oxygens (including phenoxy) is 2. The van der Waals surface area contributed by atoms with Crippen LogP contribution in [-0.2, 0) is 4.74 Å². The van der Waals surface area contributed by atoms with Crippen molar-refractivity contribution >= 4 is 5.78 Å². The zero-order valence-corrected chi connectivity index (χ0v) is 11.3. The summed E-state index contributed by atoms with van der Waals surface area (Å²) in [6.45, 7) is 2.53. The predicted octanol–water partition coefficient (Wildman–Crippen LogP) is 3.23. The first-order valence-corrected chi connectivity index (χ1v) is 7.20. The minimum absolute atomic E-state index is 0.102. The van der Waals surface area contributed by atoms with Gasteiger partial charge in [-0.25, -0.2) is 0 Å². The second-order valence-electron chi connectivity index (χ2n) is 5.42. The maximum absolute atomic E-state index is 12.5. The van der Waals surface area contributed by atoms with Crippen molar-refractivity contribution in [2.24, 2.45) is 5.92 Å². The molecule has 1 aromatic carbocycles. The summed E-state index contributed by atoms with van der Waals surface area (Å²) in [4.78, 5) is 12.5. The van der Waals surface area contributed by atoms with Gasteiger partial charge in [-0.1, -0.05) is 12.1 Å². The Labute approximate surface area is 113 Å². The molecule has 0 saturated heterocycles. The van der Waals surface area contributed by atoms with Crippen molar-refractivity contribution in [1.82, 2.24) is 0 Å². The van der Waals surface area contributed by atoms with Crippen molar-refractivity contribution in [1.29, 1.82) is 0 Å². The van der Waals surface area contributed by atoms with Gasteiger partial charge in [-0.2, -0.15) is 0 Å². The van der Waals surface area contributed by atoms with Gasteiger partial charge in [0.15, 0.2) is 5.78 Å². The normalized spacial score (nSPS) is 20.1. The van der Waals surface area contributed by atoms with E-state index < -0.39 is 0 Å². The highest BCUT2D eigenvalue weighted by atomic mass is 16.5. The fourth-order valence-electron chi connectivity index (χ4n) is 2.27. The number of ketones is 1. The summed E-state index contributed by atoms with van der Waals surface area (Å²) in [5, 5.41) is 0. The zero-order chi connectivity index (χ0) is 13.2. The Kier molecular flexibility index (Phi) is 3.56. The summed E-state index contributed by atoms with van der Waals surface area (Å²) in [7, 11) is 0. The first kappa shape index (κ1) is 12.7. The van der Waals surface area contributed by atoms with E-state index >= 15 is 0 Å². The molecule has 0 aliphatic heterocycles. The van der Waals surface area contributed by atoms with Crippen LogP contribution in [0, 0.1) is 5.92 Å². The third-order valence-corrected chi connectivity index (χ3v) is 3.60. The van der Waals surface area contributed by atoms with Gasteiger partial charge >= 0.3 is 0 Å². The molecule has 3 rings (SSSR count). The van der Waals surface area contributed by atoms with Gasteiger partial charge in [0, 0.05) is 12.2 Å². The predicted molar refractivity (Wildman–Crippen MR) is 72.6 cm³/mol. The van der Waals surface area contributed by atoms with E-state index in [2.05, 4.69) is 0 Å². The number of Topliss-reactive ketones (excluding diaryl/α,β-unsaturated/α-hetero) is 1. The smallest absolute Gasteiger partial charge is 0.191 e. The highest BCUT2D eigenvalue weighted by molar-refractivity contribution is 6.00. The molecule has 2 fully saturated rings. The Bertz CT molecular complexity index is 461. The summed E-state index contributed by atoms with van der Waals surface area (Å²) in [6, 6.07) is 7.52. The summed E-state index contributed by atoms with van der Waals surface area (Å²) < 4.78 is 11.4. The minimum atomic E-state index is -0.263. The average Bonchev–Trinajstić information content (AvgIpc) is 3.28. The van der Waals surface area contributed by atoms with E-state index in [0.717, 1.165) is 31.4 Å². The lowest BCUT2D eigenvalue weighted by atomic mass is 10.0. The van der Waals surface area contributed by atoms with Gasteiger partial charge < -0.3 is 9.47 Å². The maximum atomic E-state index is 12.5. The van der Waals surface area contributed by atoms with E-state index in [1.165, 1.54) is 0 Å². The van der Waals surface area contributed by atoms with Crippen molar-refractivity contribution in [3.05, 3.63) is 29.8 Å². The van der Waals surface area contributed by atoms with Crippen LogP contribution in [0.2, 0.25) is 0 Å². The molecule has 0 aromatic heterocycles. The summed E-state index contributed by atoms with van der Waals surface area (Å²) in [5.41, 5.74) is 0.712. The van der Waals surface area contributed by atoms with Crippen LogP contribution in [0.1, 0.15) is 43.0 Å². The van der Waals surface area contributed by atoms with Crippen LogP contribution in [0.25, 0.3) is 0 Å². The van der Waals surface area contributed by atoms with Crippen LogP contribution >= 0.6 is 0 Å². The monoisotopic (exact) mass is 260 g/mol. The van der Waals surface area contributed by atoms with Gasteiger partial charge in [0.25, 0.3) is 0 Å². The standard InChI is InChI=1S/C16H20O3/c1-2-18-16(11-6-7-11)15(17)12-4-3-5-14(10-12)19-13-8-9-13/h3-5,10-11,13,16H,2,6-9H2,1H3. The van der Waals surface area contributed by atoms with Crippen LogP contribution in [0.15, 0.2) is 24.3 Å². The first-order chi connectivity index (χ1) is 9.28. The highest BCUT2D eigenvalue weighted by Gasteiger charge is 2.37.